The Kier molecular flexibility index (Phi) is 5.03. The van der Waals surface area contributed by atoms with Crippen molar-refractivity contribution in [3.63, 3.8) is 0 Å². The maximum atomic E-state index is 13.1. The predicted molar refractivity (Wildman–Crippen MR) is 103 cm³/mol. The number of ether oxygens (including phenoxy) is 1. The highest BCUT2D eigenvalue weighted by Crippen LogP contribution is 2.28. The largest absolute Gasteiger partial charge is 0.381 e. The number of hydrogen-bond acceptors (Lipinski definition) is 6. The lowest BCUT2D eigenvalue weighted by Crippen LogP contribution is -2.28. The topological polar surface area (TPSA) is 80.2 Å². The van der Waals surface area contributed by atoms with E-state index < -0.39 is 0 Å². The molecule has 4 rings (SSSR count). The van der Waals surface area contributed by atoms with E-state index in [1.165, 1.54) is 0 Å². The molecule has 1 fully saturated rings. The number of amides is 1. The summed E-state index contributed by atoms with van der Waals surface area (Å²) in [6.45, 7) is 6.30. The van der Waals surface area contributed by atoms with E-state index in [0.717, 1.165) is 48.6 Å². The maximum Gasteiger partial charge on any atom is 0.257 e. The molecule has 7 nitrogen and oxygen atoms in total. The highest BCUT2D eigenvalue weighted by molar-refractivity contribution is 6.05. The Morgan fingerprint density at radius 2 is 2.11 bits per heavy atom. The molecule has 0 saturated carbocycles. The molecule has 0 aromatic carbocycles. The molecular formula is C20H25N5O2. The Morgan fingerprint density at radius 3 is 2.89 bits per heavy atom. The molecule has 4 heterocycles. The van der Waals surface area contributed by atoms with Crippen molar-refractivity contribution in [1.29, 1.82) is 0 Å². The van der Waals surface area contributed by atoms with Crippen LogP contribution in [0.5, 0.6) is 0 Å². The normalized spacial score (nSPS) is 19.5. The number of nitrogens with one attached hydrogen (secondary N) is 1. The second kappa shape index (κ2) is 7.60. The molecule has 0 bridgehead atoms. The third-order valence-electron chi connectivity index (χ3n) is 5.26. The molecule has 2 aromatic rings. The van der Waals surface area contributed by atoms with Gasteiger partial charge in [-0.05, 0) is 44.7 Å². The van der Waals surface area contributed by atoms with E-state index in [2.05, 4.69) is 27.1 Å². The van der Waals surface area contributed by atoms with E-state index >= 15 is 0 Å². The smallest absolute Gasteiger partial charge is 0.257 e. The van der Waals surface area contributed by atoms with Gasteiger partial charge in [0, 0.05) is 36.5 Å². The van der Waals surface area contributed by atoms with E-state index in [9.17, 15) is 4.79 Å². The van der Waals surface area contributed by atoms with Gasteiger partial charge in [-0.25, -0.2) is 9.97 Å². The van der Waals surface area contributed by atoms with Crippen LogP contribution in [0.25, 0.3) is 0 Å². The van der Waals surface area contributed by atoms with Crippen LogP contribution in [-0.2, 0) is 17.6 Å². The first kappa shape index (κ1) is 17.9. The van der Waals surface area contributed by atoms with Crippen LogP contribution < -0.4 is 10.2 Å². The molecule has 0 spiro atoms. The quantitative estimate of drug-likeness (QED) is 0.898. The van der Waals surface area contributed by atoms with E-state index in [0.29, 0.717) is 37.1 Å². The summed E-state index contributed by atoms with van der Waals surface area (Å²) in [6, 6.07) is 2.38. The molecule has 1 amide bonds. The minimum atomic E-state index is -0.163. The Labute approximate surface area is 159 Å². The lowest BCUT2D eigenvalue weighted by atomic mass is 10.0. The molecule has 7 heteroatoms. The first-order chi connectivity index (χ1) is 13.1. The number of carbonyl (C=O) groups excluding carboxylic acids is 1. The van der Waals surface area contributed by atoms with Crippen molar-refractivity contribution in [1.82, 2.24) is 15.0 Å². The summed E-state index contributed by atoms with van der Waals surface area (Å²) < 4.78 is 5.62. The second-order valence-electron chi connectivity index (χ2n) is 7.25. The molecule has 27 heavy (non-hydrogen) atoms. The van der Waals surface area contributed by atoms with Gasteiger partial charge in [-0.2, -0.15) is 0 Å². The Hall–Kier alpha value is -2.54. The average molecular weight is 367 g/mol. The van der Waals surface area contributed by atoms with E-state index in [-0.39, 0.29) is 5.91 Å². The summed E-state index contributed by atoms with van der Waals surface area (Å²) in [7, 11) is 0. The third-order valence-corrected chi connectivity index (χ3v) is 5.26. The van der Waals surface area contributed by atoms with Crippen LogP contribution in [0.4, 0.5) is 11.6 Å². The number of fused-ring (bicyclic) bond motifs is 1. The van der Waals surface area contributed by atoms with Crippen LogP contribution >= 0.6 is 0 Å². The fourth-order valence-electron chi connectivity index (χ4n) is 3.87. The Morgan fingerprint density at radius 1 is 1.26 bits per heavy atom. The third kappa shape index (κ3) is 3.78. The molecule has 142 valence electrons. The number of rotatable bonds is 3. The Balaban J connectivity index is 1.71. The zero-order valence-corrected chi connectivity index (χ0v) is 15.9. The zero-order chi connectivity index (χ0) is 18.8. The molecule has 2 aliphatic heterocycles. The fraction of sp³-hybridized carbons (Fsp3) is 0.500. The van der Waals surface area contributed by atoms with Gasteiger partial charge in [0.1, 0.15) is 5.82 Å². The molecule has 2 aromatic heterocycles. The molecule has 2 aliphatic rings. The van der Waals surface area contributed by atoms with E-state index in [4.69, 9.17) is 9.72 Å². The summed E-state index contributed by atoms with van der Waals surface area (Å²) in [4.78, 5) is 28.7. The first-order valence-corrected chi connectivity index (χ1v) is 9.59. The number of hydrogen-bond donors (Lipinski definition) is 1. The number of carbonyl (C=O) groups is 1. The van der Waals surface area contributed by atoms with Crippen molar-refractivity contribution in [2.45, 2.75) is 45.6 Å². The van der Waals surface area contributed by atoms with Gasteiger partial charge in [-0.15, -0.1) is 0 Å². The van der Waals surface area contributed by atoms with Gasteiger partial charge in [0.2, 0.25) is 0 Å². The van der Waals surface area contributed by atoms with Gasteiger partial charge < -0.3 is 15.0 Å². The average Bonchev–Trinajstić information content (AvgIpc) is 2.93. The summed E-state index contributed by atoms with van der Waals surface area (Å²) >= 11 is 0. The monoisotopic (exact) mass is 367 g/mol. The predicted octanol–water partition coefficient (Wildman–Crippen LogP) is 2.54. The van der Waals surface area contributed by atoms with Crippen LogP contribution in [-0.4, -0.2) is 46.7 Å². The van der Waals surface area contributed by atoms with Crippen LogP contribution in [0.15, 0.2) is 18.5 Å². The van der Waals surface area contributed by atoms with Crippen LogP contribution in [0.1, 0.15) is 47.1 Å². The van der Waals surface area contributed by atoms with E-state index in [1.54, 1.807) is 12.4 Å². The lowest BCUT2D eigenvalue weighted by Gasteiger charge is -2.25. The molecule has 1 atom stereocenters. The maximum absolute atomic E-state index is 13.1. The Bertz CT molecular complexity index is 854. The number of anilines is 2. The van der Waals surface area contributed by atoms with Gasteiger partial charge in [-0.3, -0.25) is 9.78 Å². The standard InChI is InChI=1S/C20H25N5O2/c1-13-11-21-12-18(22-13)24-20(26)16-10-19(25-7-3-4-14(25)2)23-17-6-9-27-8-5-15(16)17/h10-12,14H,3-9H2,1-2H3,(H,22,24,26)/t14-/m0/s1. The number of pyridine rings is 1. The minimum Gasteiger partial charge on any atom is -0.381 e. The van der Waals surface area contributed by atoms with Gasteiger partial charge >= 0.3 is 0 Å². The minimum absolute atomic E-state index is 0.163. The molecule has 1 N–H and O–H groups in total. The SMILES string of the molecule is Cc1cncc(NC(=O)c2cc(N3CCC[C@@H]3C)nc3c2CCOCC3)n1. The summed E-state index contributed by atoms with van der Waals surface area (Å²) in [5, 5.41) is 2.90. The van der Waals surface area contributed by atoms with Gasteiger partial charge in [0.25, 0.3) is 5.91 Å². The first-order valence-electron chi connectivity index (χ1n) is 9.59. The number of nitrogens with zero attached hydrogens (tertiary/aromatic N) is 4. The summed E-state index contributed by atoms with van der Waals surface area (Å²) in [6.07, 6.45) is 6.97. The van der Waals surface area contributed by atoms with Crippen LogP contribution in [0, 0.1) is 6.92 Å². The number of aryl methyl sites for hydroxylation is 1. The van der Waals surface area contributed by atoms with E-state index in [1.807, 2.05) is 13.0 Å². The highest BCUT2D eigenvalue weighted by Gasteiger charge is 2.26. The van der Waals surface area contributed by atoms with Crippen molar-refractivity contribution in [2.24, 2.45) is 0 Å². The molecular weight excluding hydrogens is 342 g/mol. The zero-order valence-electron chi connectivity index (χ0n) is 15.9. The second-order valence-corrected chi connectivity index (χ2v) is 7.25. The molecule has 1 saturated heterocycles. The van der Waals surface area contributed by atoms with Crippen molar-refractivity contribution in [3.8, 4) is 0 Å². The molecule has 0 unspecified atom stereocenters. The van der Waals surface area contributed by atoms with Gasteiger partial charge in [0.05, 0.1) is 25.1 Å². The van der Waals surface area contributed by atoms with Crippen molar-refractivity contribution >= 4 is 17.5 Å². The highest BCUT2D eigenvalue weighted by atomic mass is 16.5. The van der Waals surface area contributed by atoms with Crippen molar-refractivity contribution in [3.05, 3.63) is 41.0 Å². The summed E-state index contributed by atoms with van der Waals surface area (Å²) in [5.74, 6) is 1.19. The number of aromatic nitrogens is 3. The van der Waals surface area contributed by atoms with Gasteiger partial charge in [-0.1, -0.05) is 0 Å². The van der Waals surface area contributed by atoms with Crippen LogP contribution in [0.2, 0.25) is 0 Å². The molecule has 0 aliphatic carbocycles. The summed E-state index contributed by atoms with van der Waals surface area (Å²) in [5.41, 5.74) is 3.40. The van der Waals surface area contributed by atoms with Crippen LogP contribution in [0.3, 0.4) is 0 Å². The fourth-order valence-corrected chi connectivity index (χ4v) is 3.87. The van der Waals surface area contributed by atoms with Gasteiger partial charge in [0.15, 0.2) is 5.82 Å². The van der Waals surface area contributed by atoms with Crippen molar-refractivity contribution < 1.29 is 9.53 Å². The van der Waals surface area contributed by atoms with Crippen molar-refractivity contribution in [2.75, 3.05) is 30.0 Å². The lowest BCUT2D eigenvalue weighted by molar-refractivity contribution is 0.102. The molecule has 0 radical (unpaired) electrons.